The molecule has 30 radical (unpaired) electrons. The van der Waals surface area contributed by atoms with Crippen LogP contribution in [0.25, 0.3) is 0 Å². The monoisotopic (exact) mass is 862 g/mol. The molecule has 0 saturated heterocycles. The maximum absolute atomic E-state index is 10.6. The van der Waals surface area contributed by atoms with Crippen molar-refractivity contribution in [1.29, 1.82) is 0 Å². The van der Waals surface area contributed by atoms with Crippen LogP contribution in [0.3, 0.4) is 0 Å². The SMILES string of the molecule is C[C]1[C](C)[C](C)[C](C=O)[C]1C.C[C]1[C](C)[C](C)[C](C=O)[C]1C.C[C]1[C](C)[C](C)[C](C[C]2[CH][CH][CH][CH]2)[C]1C.C[C]1[C](C)[C](C)[C](C[C]2[CH][CH][CH][CH]2)[C]1C.[Fe+2].[Fe+2].[Fe+2]. The molecule has 0 aromatic heterocycles. The average molecular weight is 863 g/mol. The maximum atomic E-state index is 10.6. The first-order chi connectivity index (χ1) is 24.4. The summed E-state index contributed by atoms with van der Waals surface area (Å²) in [7, 11) is 0. The molecule has 0 aliphatic heterocycles. The Hall–Kier alpha value is 0.898. The van der Waals surface area contributed by atoms with E-state index < -0.39 is 0 Å². The van der Waals surface area contributed by atoms with Crippen LogP contribution in [0, 0.1) is 182 Å². The first-order valence-corrected chi connectivity index (χ1v) is 18.6. The number of hydrogen-bond acceptors (Lipinski definition) is 2. The Labute approximate surface area is 376 Å². The van der Waals surface area contributed by atoms with Crippen LogP contribution in [0.1, 0.15) is 124 Å². The van der Waals surface area contributed by atoms with Crippen molar-refractivity contribution < 1.29 is 60.8 Å². The minimum Gasteiger partial charge on any atom is -0.303 e. The Morgan fingerprint density at radius 3 is 0.655 bits per heavy atom. The number of carbonyl (C=O) groups excluding carboxylic acids is 2. The Morgan fingerprint density at radius 2 is 0.491 bits per heavy atom. The van der Waals surface area contributed by atoms with Gasteiger partial charge in [0.2, 0.25) is 0 Å². The van der Waals surface area contributed by atoms with Crippen molar-refractivity contribution in [3.05, 3.63) is 182 Å². The first-order valence-electron chi connectivity index (χ1n) is 18.6. The van der Waals surface area contributed by atoms with Gasteiger partial charge in [-0.25, -0.2) is 0 Å². The van der Waals surface area contributed by atoms with E-state index in [0.717, 1.165) is 60.9 Å². The van der Waals surface area contributed by atoms with E-state index in [9.17, 15) is 9.59 Å². The van der Waals surface area contributed by atoms with Crippen molar-refractivity contribution >= 4 is 12.6 Å². The van der Waals surface area contributed by atoms with Crippen molar-refractivity contribution in [2.75, 3.05) is 0 Å². The Kier molecular flexibility index (Phi) is 26.0. The van der Waals surface area contributed by atoms with Gasteiger partial charge in [-0.05, 0) is 183 Å². The molecule has 0 bridgehead atoms. The first kappa shape index (κ1) is 55.9. The molecule has 6 fully saturated rings. The van der Waals surface area contributed by atoms with Gasteiger partial charge in [-0.15, -0.1) is 0 Å². The van der Waals surface area contributed by atoms with Crippen molar-refractivity contribution in [3.63, 3.8) is 0 Å². The maximum Gasteiger partial charge on any atom is 2.00 e. The summed E-state index contributed by atoms with van der Waals surface area (Å²) in [5, 5.41) is 0. The summed E-state index contributed by atoms with van der Waals surface area (Å²) in [6.45, 7) is 34.1. The molecular formula is C50H62Fe3O2+6. The third-order valence-electron chi connectivity index (χ3n) is 12.6. The second-order valence-electron chi connectivity index (χ2n) is 15.0. The molecule has 0 amide bonds. The smallest absolute Gasteiger partial charge is 0.303 e. The Balaban J connectivity index is 0.000000702. The van der Waals surface area contributed by atoms with Gasteiger partial charge in [0.05, 0.1) is 11.8 Å². The second-order valence-corrected chi connectivity index (χ2v) is 15.0. The molecule has 0 spiro atoms. The fourth-order valence-electron chi connectivity index (χ4n) is 7.44. The zero-order chi connectivity index (χ0) is 39.2. The van der Waals surface area contributed by atoms with Crippen LogP contribution in [0.4, 0.5) is 0 Å². The third kappa shape index (κ3) is 13.4. The normalized spacial score (nSPS) is 26.8. The van der Waals surface area contributed by atoms with Gasteiger partial charge in [-0.2, -0.15) is 0 Å². The molecule has 6 aliphatic rings. The topological polar surface area (TPSA) is 34.1 Å². The molecule has 292 valence electrons. The fraction of sp³-hybridized carbons (Fsp3) is 0.360. The molecule has 0 unspecified atom stereocenters. The molecule has 0 aromatic carbocycles. The zero-order valence-electron chi connectivity index (χ0n) is 36.1. The zero-order valence-corrected chi connectivity index (χ0v) is 39.4. The molecule has 0 atom stereocenters. The van der Waals surface area contributed by atoms with E-state index >= 15 is 0 Å². The van der Waals surface area contributed by atoms with E-state index in [0.29, 0.717) is 0 Å². The molecule has 0 heterocycles. The van der Waals surface area contributed by atoms with Crippen LogP contribution in [-0.4, -0.2) is 12.6 Å². The summed E-state index contributed by atoms with van der Waals surface area (Å²) >= 11 is 0. The van der Waals surface area contributed by atoms with Crippen molar-refractivity contribution in [2.24, 2.45) is 0 Å². The van der Waals surface area contributed by atoms with Crippen LogP contribution >= 0.6 is 0 Å². The van der Waals surface area contributed by atoms with Gasteiger partial charge in [-0.1, -0.05) is 111 Å². The van der Waals surface area contributed by atoms with Crippen LogP contribution in [-0.2, 0) is 60.8 Å². The fourth-order valence-corrected chi connectivity index (χ4v) is 7.44. The molecular weight excluding hydrogens is 800 g/mol. The summed E-state index contributed by atoms with van der Waals surface area (Å²) in [6.07, 6.45) is 21.3. The predicted molar refractivity (Wildman–Crippen MR) is 218 cm³/mol. The number of carbonyl (C=O) groups is 2. The number of aldehydes is 2. The molecule has 55 heavy (non-hydrogen) atoms. The van der Waals surface area contributed by atoms with Gasteiger partial charge in [0, 0.05) is 0 Å². The minimum atomic E-state index is 0. The standard InChI is InChI=1S/2C15H18.2C10H13O.3Fe/c2*1-10-11(2)13(4)15(12(10)3)9-14-7-5-6-8-14;2*1-6-7(2)9(4)10(5-11)8(6)3;;;/h2*5-8H,9H2,1-4H3;2*5H,1-4H3;;;/q;;;;3*+2. The van der Waals surface area contributed by atoms with E-state index in [2.05, 4.69) is 134 Å². The quantitative estimate of drug-likeness (QED) is 0.197. The Morgan fingerprint density at radius 1 is 0.309 bits per heavy atom. The summed E-state index contributed by atoms with van der Waals surface area (Å²) in [4.78, 5) is 21.2. The van der Waals surface area contributed by atoms with Crippen LogP contribution < -0.4 is 0 Å². The van der Waals surface area contributed by atoms with Gasteiger partial charge in [-0.3, -0.25) is 0 Å². The van der Waals surface area contributed by atoms with Crippen LogP contribution in [0.5, 0.6) is 0 Å². The van der Waals surface area contributed by atoms with E-state index in [1.165, 1.54) is 94.7 Å². The number of hydrogen-bond donors (Lipinski definition) is 0. The van der Waals surface area contributed by atoms with Crippen molar-refractivity contribution in [1.82, 2.24) is 0 Å². The molecule has 6 aliphatic carbocycles. The van der Waals surface area contributed by atoms with Gasteiger partial charge in [0.15, 0.2) is 0 Å². The van der Waals surface area contributed by atoms with E-state index in [4.69, 9.17) is 0 Å². The summed E-state index contributed by atoms with van der Waals surface area (Å²) in [6, 6.07) is 0. The van der Waals surface area contributed by atoms with Crippen molar-refractivity contribution in [2.45, 2.75) is 124 Å². The summed E-state index contributed by atoms with van der Waals surface area (Å²) < 4.78 is 0. The van der Waals surface area contributed by atoms with Gasteiger partial charge in [0.25, 0.3) is 0 Å². The van der Waals surface area contributed by atoms with E-state index in [-0.39, 0.29) is 51.2 Å². The Bertz CT molecular complexity index is 918. The minimum absolute atomic E-state index is 0. The largest absolute Gasteiger partial charge is 2.00 e. The summed E-state index contributed by atoms with van der Waals surface area (Å²) in [5.74, 6) is 29.0. The van der Waals surface area contributed by atoms with Gasteiger partial charge in [0.1, 0.15) is 12.6 Å². The average Bonchev–Trinajstić information content (AvgIpc) is 3.97. The van der Waals surface area contributed by atoms with Crippen molar-refractivity contribution in [3.8, 4) is 0 Å². The summed E-state index contributed by atoms with van der Waals surface area (Å²) in [5.41, 5.74) is 0. The molecule has 2 nitrogen and oxygen atoms in total. The van der Waals surface area contributed by atoms with Gasteiger partial charge < -0.3 is 9.59 Å². The second kappa shape index (κ2) is 25.6. The van der Waals surface area contributed by atoms with E-state index in [1.54, 1.807) is 0 Å². The van der Waals surface area contributed by atoms with Crippen LogP contribution in [0.2, 0.25) is 0 Å². The molecule has 6 rings (SSSR count). The predicted octanol–water partition coefficient (Wildman–Crippen LogP) is 11.8. The molecule has 0 aromatic rings. The molecule has 6 saturated carbocycles. The number of rotatable bonds is 6. The molecule has 5 heteroatoms. The van der Waals surface area contributed by atoms with E-state index in [1.807, 2.05) is 27.7 Å². The molecule has 0 N–H and O–H groups in total. The van der Waals surface area contributed by atoms with Crippen LogP contribution in [0.15, 0.2) is 0 Å². The third-order valence-corrected chi connectivity index (χ3v) is 12.6. The van der Waals surface area contributed by atoms with Gasteiger partial charge >= 0.3 is 51.2 Å².